The molecule has 7 nitrogen and oxygen atoms in total. The molecule has 2 aromatic heterocycles. The fourth-order valence-corrected chi connectivity index (χ4v) is 3.96. The average Bonchev–Trinajstić information content (AvgIpc) is 3.44. The van der Waals surface area contributed by atoms with Crippen LogP contribution in [0.4, 0.5) is 4.39 Å². The number of hydrogen-bond donors (Lipinski definition) is 0. The number of piperidine rings is 1. The van der Waals surface area contributed by atoms with Crippen molar-refractivity contribution < 1.29 is 13.4 Å². The molecular weight excluding hydrogens is 397 g/mol. The molecule has 158 valence electrons. The average molecular weight is 419 g/mol. The van der Waals surface area contributed by atoms with Gasteiger partial charge in [0, 0.05) is 17.7 Å². The minimum Gasteiger partial charge on any atom is -0.339 e. The van der Waals surface area contributed by atoms with E-state index in [1.807, 2.05) is 31.2 Å². The molecule has 1 saturated heterocycles. The largest absolute Gasteiger partial charge is 0.339 e. The summed E-state index contributed by atoms with van der Waals surface area (Å²) in [6.45, 7) is 4.30. The normalized spacial score (nSPS) is 17.2. The molecule has 0 saturated carbocycles. The van der Waals surface area contributed by atoms with Gasteiger partial charge in [0.2, 0.25) is 23.4 Å². The van der Waals surface area contributed by atoms with E-state index in [0.29, 0.717) is 35.5 Å². The van der Waals surface area contributed by atoms with Crippen LogP contribution in [0.25, 0.3) is 22.8 Å². The monoisotopic (exact) mass is 419 g/mol. The van der Waals surface area contributed by atoms with Crippen LogP contribution in [0.1, 0.15) is 36.1 Å². The summed E-state index contributed by atoms with van der Waals surface area (Å²) in [7, 11) is 0. The first kappa shape index (κ1) is 19.6. The number of aromatic nitrogens is 4. The van der Waals surface area contributed by atoms with Crippen molar-refractivity contribution in [2.24, 2.45) is 0 Å². The molecule has 0 amide bonds. The first-order valence-electron chi connectivity index (χ1n) is 10.4. The van der Waals surface area contributed by atoms with Gasteiger partial charge < -0.3 is 9.05 Å². The van der Waals surface area contributed by atoms with Gasteiger partial charge in [-0.15, -0.1) is 0 Å². The Morgan fingerprint density at radius 1 is 1.00 bits per heavy atom. The quantitative estimate of drug-likeness (QED) is 0.467. The van der Waals surface area contributed by atoms with Gasteiger partial charge in [0.05, 0.1) is 12.5 Å². The maximum Gasteiger partial charge on any atom is 0.241 e. The summed E-state index contributed by atoms with van der Waals surface area (Å²) in [6, 6.07) is 14.2. The second kappa shape index (κ2) is 8.39. The number of benzene rings is 2. The molecule has 0 aliphatic carbocycles. The van der Waals surface area contributed by atoms with Crippen molar-refractivity contribution in [2.75, 3.05) is 13.1 Å². The van der Waals surface area contributed by atoms with Gasteiger partial charge in [0.1, 0.15) is 5.82 Å². The van der Waals surface area contributed by atoms with E-state index in [1.54, 1.807) is 12.1 Å². The first-order valence-corrected chi connectivity index (χ1v) is 10.4. The lowest BCUT2D eigenvalue weighted by atomic mass is 9.98. The van der Waals surface area contributed by atoms with Crippen molar-refractivity contribution in [3.05, 3.63) is 71.7 Å². The molecule has 2 aromatic carbocycles. The molecule has 1 aliphatic rings. The Hall–Kier alpha value is -3.39. The highest BCUT2D eigenvalue weighted by Crippen LogP contribution is 2.28. The van der Waals surface area contributed by atoms with Gasteiger partial charge in [0.15, 0.2) is 0 Å². The number of likely N-dealkylation sites (tertiary alicyclic amines) is 1. The lowest BCUT2D eigenvalue weighted by Gasteiger charge is -2.29. The van der Waals surface area contributed by atoms with E-state index in [2.05, 4.69) is 25.2 Å². The van der Waals surface area contributed by atoms with Crippen LogP contribution < -0.4 is 0 Å². The molecule has 0 radical (unpaired) electrons. The Kier molecular flexibility index (Phi) is 5.30. The van der Waals surface area contributed by atoms with Crippen molar-refractivity contribution in [3.63, 3.8) is 0 Å². The Balaban J connectivity index is 1.26. The predicted octanol–water partition coefficient (Wildman–Crippen LogP) is 4.61. The predicted molar refractivity (Wildman–Crippen MR) is 111 cm³/mol. The summed E-state index contributed by atoms with van der Waals surface area (Å²) in [5.41, 5.74) is 2.71. The summed E-state index contributed by atoms with van der Waals surface area (Å²) in [5.74, 6) is 1.97. The van der Waals surface area contributed by atoms with E-state index in [1.165, 1.54) is 12.1 Å². The molecule has 1 atom stereocenters. The van der Waals surface area contributed by atoms with Gasteiger partial charge in [-0.2, -0.15) is 9.97 Å². The van der Waals surface area contributed by atoms with Crippen molar-refractivity contribution in [1.29, 1.82) is 0 Å². The van der Waals surface area contributed by atoms with Crippen LogP contribution >= 0.6 is 0 Å². The highest BCUT2D eigenvalue weighted by atomic mass is 19.1. The third-order valence-corrected chi connectivity index (χ3v) is 5.48. The highest BCUT2D eigenvalue weighted by Gasteiger charge is 2.27. The van der Waals surface area contributed by atoms with Crippen LogP contribution in [-0.4, -0.2) is 38.3 Å². The lowest BCUT2D eigenvalue weighted by molar-refractivity contribution is 0.162. The molecule has 5 rings (SSSR count). The summed E-state index contributed by atoms with van der Waals surface area (Å²) in [4.78, 5) is 11.3. The summed E-state index contributed by atoms with van der Waals surface area (Å²) < 4.78 is 24.5. The number of rotatable bonds is 5. The molecule has 3 heterocycles. The number of hydrogen-bond acceptors (Lipinski definition) is 7. The van der Waals surface area contributed by atoms with E-state index in [-0.39, 0.29) is 11.7 Å². The zero-order valence-corrected chi connectivity index (χ0v) is 17.2. The fraction of sp³-hybridized carbons (Fsp3) is 0.304. The smallest absolute Gasteiger partial charge is 0.241 e. The highest BCUT2D eigenvalue weighted by molar-refractivity contribution is 5.55. The van der Waals surface area contributed by atoms with Gasteiger partial charge in [-0.3, -0.25) is 4.90 Å². The Morgan fingerprint density at radius 3 is 2.61 bits per heavy atom. The van der Waals surface area contributed by atoms with Crippen molar-refractivity contribution in [1.82, 2.24) is 25.2 Å². The molecular formula is C23H22FN5O2. The summed E-state index contributed by atoms with van der Waals surface area (Å²) in [5, 5.41) is 8.17. The molecule has 1 aliphatic heterocycles. The standard InChI is InChI=1S/C23H22FN5O2/c1-15-5-2-6-16(11-15)21-25-20(30-27-21)14-29-10-4-8-18(13-29)23-26-22(28-31-23)17-7-3-9-19(24)12-17/h2-3,5-7,9,11-12,18H,4,8,10,13-14H2,1H3. The zero-order chi connectivity index (χ0) is 21.2. The first-order chi connectivity index (χ1) is 15.1. The van der Waals surface area contributed by atoms with Gasteiger partial charge in [-0.25, -0.2) is 4.39 Å². The van der Waals surface area contributed by atoms with E-state index >= 15 is 0 Å². The number of halogens is 1. The summed E-state index contributed by atoms with van der Waals surface area (Å²) >= 11 is 0. The van der Waals surface area contributed by atoms with Gasteiger partial charge >= 0.3 is 0 Å². The van der Waals surface area contributed by atoms with Gasteiger partial charge in [-0.05, 0) is 44.5 Å². The van der Waals surface area contributed by atoms with E-state index in [9.17, 15) is 4.39 Å². The topological polar surface area (TPSA) is 81.1 Å². The van der Waals surface area contributed by atoms with Crippen LogP contribution in [-0.2, 0) is 6.54 Å². The fourth-order valence-electron chi connectivity index (χ4n) is 3.96. The van der Waals surface area contributed by atoms with Crippen molar-refractivity contribution in [2.45, 2.75) is 32.2 Å². The molecule has 4 aromatic rings. The van der Waals surface area contributed by atoms with Crippen molar-refractivity contribution >= 4 is 0 Å². The van der Waals surface area contributed by atoms with Crippen LogP contribution in [0.3, 0.4) is 0 Å². The van der Waals surface area contributed by atoms with Gasteiger partial charge in [0.25, 0.3) is 0 Å². The van der Waals surface area contributed by atoms with Crippen LogP contribution in [0.5, 0.6) is 0 Å². The van der Waals surface area contributed by atoms with Gasteiger partial charge in [-0.1, -0.05) is 46.2 Å². The van der Waals surface area contributed by atoms with Crippen molar-refractivity contribution in [3.8, 4) is 22.8 Å². The van der Waals surface area contributed by atoms with E-state index in [0.717, 1.165) is 37.1 Å². The lowest BCUT2D eigenvalue weighted by Crippen LogP contribution is -2.34. The maximum atomic E-state index is 13.5. The van der Waals surface area contributed by atoms with E-state index < -0.39 is 0 Å². The van der Waals surface area contributed by atoms with Crippen LogP contribution in [0.15, 0.2) is 57.6 Å². The van der Waals surface area contributed by atoms with E-state index in [4.69, 9.17) is 9.05 Å². The molecule has 0 N–H and O–H groups in total. The molecule has 1 unspecified atom stereocenters. The zero-order valence-electron chi connectivity index (χ0n) is 17.2. The molecule has 1 fully saturated rings. The second-order valence-corrected chi connectivity index (χ2v) is 7.92. The Bertz CT molecular complexity index is 1190. The number of nitrogens with zero attached hydrogens (tertiary/aromatic N) is 5. The summed E-state index contributed by atoms with van der Waals surface area (Å²) in [6.07, 6.45) is 1.96. The second-order valence-electron chi connectivity index (χ2n) is 7.92. The number of aryl methyl sites for hydroxylation is 1. The molecule has 31 heavy (non-hydrogen) atoms. The third kappa shape index (κ3) is 4.39. The molecule has 8 heteroatoms. The minimum atomic E-state index is -0.322. The Labute approximate surface area is 178 Å². The molecule has 0 spiro atoms. The Morgan fingerprint density at radius 2 is 1.77 bits per heavy atom. The maximum absolute atomic E-state index is 13.5. The third-order valence-electron chi connectivity index (χ3n) is 5.48. The van der Waals surface area contributed by atoms with Crippen LogP contribution in [0, 0.1) is 12.7 Å². The minimum absolute atomic E-state index is 0.114. The van der Waals surface area contributed by atoms with Crippen LogP contribution in [0.2, 0.25) is 0 Å². The molecule has 0 bridgehead atoms. The SMILES string of the molecule is Cc1cccc(-c2noc(CN3CCCC(c4nc(-c5cccc(F)c5)no4)C3)n2)c1.